The van der Waals surface area contributed by atoms with Crippen molar-refractivity contribution in [2.75, 3.05) is 5.32 Å². The highest BCUT2D eigenvalue weighted by Gasteiger charge is 1.99. The fourth-order valence-electron chi connectivity index (χ4n) is 1.74. The van der Waals surface area contributed by atoms with E-state index in [4.69, 9.17) is 18.0 Å². The Bertz CT molecular complexity index is 549. The third-order valence-electron chi connectivity index (χ3n) is 2.48. The quantitative estimate of drug-likeness (QED) is 0.793. The largest absolute Gasteiger partial charge is 0.376 e. The zero-order chi connectivity index (χ0) is 12.3. The summed E-state index contributed by atoms with van der Waals surface area (Å²) < 4.78 is 0. The van der Waals surface area contributed by atoms with Gasteiger partial charge in [-0.25, -0.2) is 0 Å². The maximum atomic E-state index is 5.46. The van der Waals surface area contributed by atoms with Gasteiger partial charge in [0.25, 0.3) is 0 Å². The van der Waals surface area contributed by atoms with Gasteiger partial charge >= 0.3 is 0 Å². The lowest BCUT2D eigenvalue weighted by Crippen LogP contribution is -2.18. The maximum absolute atomic E-state index is 5.46. The molecular formula is C14H14N2S. The minimum atomic E-state index is 0.284. The molecule has 2 rings (SSSR count). The molecule has 2 nitrogen and oxygen atoms in total. The smallest absolute Gasteiger partial charge is 0.168 e. The molecule has 0 atom stereocenters. The topological polar surface area (TPSA) is 38.0 Å². The van der Waals surface area contributed by atoms with E-state index in [1.807, 2.05) is 18.2 Å². The van der Waals surface area contributed by atoms with E-state index in [0.29, 0.717) is 0 Å². The molecule has 3 heteroatoms. The van der Waals surface area contributed by atoms with Crippen LogP contribution in [-0.4, -0.2) is 5.11 Å². The normalized spacial score (nSPS) is 9.94. The molecule has 0 heterocycles. The lowest BCUT2D eigenvalue weighted by molar-refractivity contribution is 1.46. The first-order chi connectivity index (χ1) is 8.15. The summed E-state index contributed by atoms with van der Waals surface area (Å²) in [5.74, 6) is 0. The molecule has 86 valence electrons. The van der Waals surface area contributed by atoms with Gasteiger partial charge in [0.15, 0.2) is 5.11 Å². The first-order valence-corrected chi connectivity index (χ1v) is 5.79. The second-order valence-electron chi connectivity index (χ2n) is 3.94. The highest BCUT2D eigenvalue weighted by molar-refractivity contribution is 7.80. The lowest BCUT2D eigenvalue weighted by Gasteiger charge is -2.07. The van der Waals surface area contributed by atoms with Crippen molar-refractivity contribution in [1.82, 2.24) is 0 Å². The number of aryl methyl sites for hydroxylation is 1. The van der Waals surface area contributed by atoms with Crippen LogP contribution in [0.25, 0.3) is 11.1 Å². The highest BCUT2D eigenvalue weighted by atomic mass is 32.1. The van der Waals surface area contributed by atoms with Gasteiger partial charge in [0.2, 0.25) is 0 Å². The summed E-state index contributed by atoms with van der Waals surface area (Å²) in [6, 6.07) is 16.4. The van der Waals surface area contributed by atoms with Crippen molar-refractivity contribution in [3.05, 3.63) is 54.1 Å². The Labute approximate surface area is 106 Å². The summed E-state index contributed by atoms with van der Waals surface area (Å²) in [6.07, 6.45) is 0. The van der Waals surface area contributed by atoms with E-state index in [0.717, 1.165) is 11.3 Å². The summed E-state index contributed by atoms with van der Waals surface area (Å²) >= 11 is 4.82. The van der Waals surface area contributed by atoms with E-state index in [2.05, 4.69) is 42.6 Å². The van der Waals surface area contributed by atoms with Crippen LogP contribution in [0.2, 0.25) is 0 Å². The number of hydrogen-bond donors (Lipinski definition) is 2. The number of thiocarbonyl (C=S) groups is 1. The van der Waals surface area contributed by atoms with Crippen molar-refractivity contribution < 1.29 is 0 Å². The number of benzene rings is 2. The second kappa shape index (κ2) is 4.97. The highest BCUT2D eigenvalue weighted by Crippen LogP contribution is 2.23. The van der Waals surface area contributed by atoms with Crippen molar-refractivity contribution in [3.8, 4) is 11.1 Å². The zero-order valence-electron chi connectivity index (χ0n) is 9.60. The average Bonchev–Trinajstić information content (AvgIpc) is 2.28. The van der Waals surface area contributed by atoms with Crippen LogP contribution in [0.15, 0.2) is 48.5 Å². The van der Waals surface area contributed by atoms with Crippen LogP contribution in [0, 0.1) is 6.92 Å². The Hall–Kier alpha value is -1.87. The predicted octanol–water partition coefficient (Wildman–Crippen LogP) is 3.32. The second-order valence-corrected chi connectivity index (χ2v) is 4.38. The molecule has 17 heavy (non-hydrogen) atoms. The molecule has 0 radical (unpaired) electrons. The van der Waals surface area contributed by atoms with E-state index in [-0.39, 0.29) is 5.11 Å². The zero-order valence-corrected chi connectivity index (χ0v) is 10.4. The van der Waals surface area contributed by atoms with E-state index >= 15 is 0 Å². The third-order valence-corrected chi connectivity index (χ3v) is 2.58. The van der Waals surface area contributed by atoms with Crippen LogP contribution in [0.3, 0.4) is 0 Å². The van der Waals surface area contributed by atoms with Crippen LogP contribution < -0.4 is 11.1 Å². The van der Waals surface area contributed by atoms with Gasteiger partial charge in [-0.1, -0.05) is 42.0 Å². The molecule has 2 aromatic carbocycles. The van der Waals surface area contributed by atoms with E-state index < -0.39 is 0 Å². The molecule has 0 aliphatic heterocycles. The summed E-state index contributed by atoms with van der Waals surface area (Å²) in [7, 11) is 0. The summed E-state index contributed by atoms with van der Waals surface area (Å²) in [6.45, 7) is 2.08. The van der Waals surface area contributed by atoms with Crippen LogP contribution in [0.4, 0.5) is 5.69 Å². The summed E-state index contributed by atoms with van der Waals surface area (Å²) in [5.41, 5.74) is 9.96. The molecule has 0 saturated carbocycles. The Morgan fingerprint density at radius 3 is 2.35 bits per heavy atom. The van der Waals surface area contributed by atoms with E-state index in [1.165, 1.54) is 11.1 Å². The van der Waals surface area contributed by atoms with Crippen LogP contribution in [0.1, 0.15) is 5.56 Å². The van der Waals surface area contributed by atoms with Crippen molar-refractivity contribution in [1.29, 1.82) is 0 Å². The summed E-state index contributed by atoms with van der Waals surface area (Å²) in [5, 5.41) is 3.22. The molecule has 0 spiro atoms. The number of nitrogens with two attached hydrogens (primary N) is 1. The minimum Gasteiger partial charge on any atom is -0.376 e. The molecule has 0 saturated heterocycles. The van der Waals surface area contributed by atoms with Crippen molar-refractivity contribution in [2.45, 2.75) is 6.92 Å². The number of rotatable bonds is 2. The first kappa shape index (κ1) is 11.6. The molecular weight excluding hydrogens is 228 g/mol. The van der Waals surface area contributed by atoms with Gasteiger partial charge in [0.05, 0.1) is 0 Å². The van der Waals surface area contributed by atoms with Gasteiger partial charge in [-0.15, -0.1) is 0 Å². The van der Waals surface area contributed by atoms with Gasteiger partial charge in [0, 0.05) is 5.69 Å². The molecule has 0 bridgehead atoms. The van der Waals surface area contributed by atoms with Gasteiger partial charge < -0.3 is 11.1 Å². The minimum absolute atomic E-state index is 0.284. The summed E-state index contributed by atoms with van der Waals surface area (Å²) in [4.78, 5) is 0. The Kier molecular flexibility index (Phi) is 3.40. The van der Waals surface area contributed by atoms with Crippen LogP contribution >= 0.6 is 12.2 Å². The molecule has 0 unspecified atom stereocenters. The lowest BCUT2D eigenvalue weighted by atomic mass is 10.0. The maximum Gasteiger partial charge on any atom is 0.168 e. The van der Waals surface area contributed by atoms with E-state index in [1.54, 1.807) is 0 Å². The number of anilines is 1. The Balaban J connectivity index is 2.36. The molecule has 0 aromatic heterocycles. The van der Waals surface area contributed by atoms with Crippen LogP contribution in [0.5, 0.6) is 0 Å². The Morgan fingerprint density at radius 1 is 1.06 bits per heavy atom. The number of nitrogens with one attached hydrogen (secondary N) is 1. The number of hydrogen-bond acceptors (Lipinski definition) is 1. The molecule has 2 aromatic rings. The molecule has 0 amide bonds. The van der Waals surface area contributed by atoms with Crippen molar-refractivity contribution >= 4 is 23.0 Å². The predicted molar refractivity (Wildman–Crippen MR) is 77.0 cm³/mol. The first-order valence-electron chi connectivity index (χ1n) is 5.39. The van der Waals surface area contributed by atoms with Crippen LogP contribution in [-0.2, 0) is 0 Å². The SMILES string of the molecule is Cc1cccc(-c2cccc(NC(N)=S)c2)c1. The molecule has 3 N–H and O–H groups in total. The fourth-order valence-corrected chi connectivity index (χ4v) is 1.86. The van der Waals surface area contributed by atoms with Crippen molar-refractivity contribution in [3.63, 3.8) is 0 Å². The third kappa shape index (κ3) is 3.04. The fraction of sp³-hybridized carbons (Fsp3) is 0.0714. The van der Waals surface area contributed by atoms with Gasteiger partial charge in [-0.3, -0.25) is 0 Å². The average molecular weight is 242 g/mol. The van der Waals surface area contributed by atoms with Crippen molar-refractivity contribution in [2.24, 2.45) is 5.73 Å². The van der Waals surface area contributed by atoms with E-state index in [9.17, 15) is 0 Å². The standard InChI is InChI=1S/C14H14N2S/c1-10-4-2-5-11(8-10)12-6-3-7-13(9-12)16-14(15)17/h2-9H,1H3,(H3,15,16,17). The van der Waals surface area contributed by atoms with Gasteiger partial charge in [-0.05, 0) is 42.4 Å². The van der Waals surface area contributed by atoms with Gasteiger partial charge in [-0.2, -0.15) is 0 Å². The Morgan fingerprint density at radius 2 is 1.71 bits per heavy atom. The molecule has 0 aliphatic carbocycles. The monoisotopic (exact) mass is 242 g/mol. The van der Waals surface area contributed by atoms with Gasteiger partial charge in [0.1, 0.15) is 0 Å². The molecule has 0 fully saturated rings. The molecule has 0 aliphatic rings.